The van der Waals surface area contributed by atoms with Crippen LogP contribution in [0.4, 0.5) is 47.3 Å². The maximum atomic E-state index is 14.7. The van der Waals surface area contributed by atoms with Crippen LogP contribution < -0.4 is 14.5 Å². The predicted molar refractivity (Wildman–Crippen MR) is 345 cm³/mol. The molecule has 0 spiro atoms. The summed E-state index contributed by atoms with van der Waals surface area (Å²) in [7, 11) is 0. The van der Waals surface area contributed by atoms with Crippen molar-refractivity contribution < 1.29 is 69.3 Å². The molecule has 0 aliphatic carbocycles. The van der Waals surface area contributed by atoms with Crippen molar-refractivity contribution in [1.82, 2.24) is 29.4 Å². The van der Waals surface area contributed by atoms with Gasteiger partial charge in [-0.3, -0.25) is 29.2 Å². The lowest BCUT2D eigenvalue weighted by Crippen LogP contribution is -2.52. The number of piperazine rings is 2. The van der Waals surface area contributed by atoms with Crippen LogP contribution in [0.5, 0.6) is 11.5 Å². The number of hydrogen-bond acceptors (Lipinski definition) is 13. The van der Waals surface area contributed by atoms with Crippen molar-refractivity contribution in [2.45, 2.75) is 65.0 Å². The van der Waals surface area contributed by atoms with Gasteiger partial charge in [0.15, 0.2) is 0 Å². The quantitative estimate of drug-likeness (QED) is 0.0516. The van der Waals surface area contributed by atoms with Crippen LogP contribution in [0.2, 0.25) is 0 Å². The van der Waals surface area contributed by atoms with Gasteiger partial charge in [-0.25, -0.2) is 19.2 Å². The zero-order chi connectivity index (χ0) is 69.3. The molecule has 2 unspecified atom stereocenters. The number of rotatable bonds is 20. The molecule has 97 heavy (non-hydrogen) atoms. The van der Waals surface area contributed by atoms with Gasteiger partial charge in [-0.15, -0.1) is 0 Å². The molecule has 4 aliphatic heterocycles. The molecule has 0 saturated carbocycles. The maximum Gasteiger partial charge on any atom is 0.416 e. The second kappa shape index (κ2) is 30.1. The first-order chi connectivity index (χ1) is 46.5. The highest BCUT2D eigenvalue weighted by atomic mass is 19.4. The van der Waals surface area contributed by atoms with Crippen LogP contribution in [0, 0.1) is 22.7 Å². The SMILES string of the molecule is CCOC(=O)C1=C(C)N(c2cccc(C(F)(F)F)c2)C(=O)N(CCCN2CCN(C(=O)c3ccc(Oc4ccc(C(=O)N5CCN(CCCN6C(=O)N(c7cccc(C(F)(F)F)c7)C(C)=C(C(=O)OCC)C6c6ccc(C#N)cc6)CC5)cc4)cc3)CC2)C1c1ccc(C#N)cc1. The Morgan fingerprint density at radius 2 is 0.835 bits per heavy atom. The number of carbonyl (C=O) groups excluding carboxylic acids is 6. The van der Waals surface area contributed by atoms with E-state index in [0.29, 0.717) is 123 Å². The maximum absolute atomic E-state index is 14.7. The van der Waals surface area contributed by atoms with E-state index in [9.17, 15) is 65.6 Å². The fraction of sp³-hybridized carbons (Fsp3) is 0.333. The van der Waals surface area contributed by atoms with Gasteiger partial charge in [0.05, 0.1) is 82.2 Å². The van der Waals surface area contributed by atoms with Crippen molar-refractivity contribution in [1.29, 1.82) is 10.5 Å². The number of nitrogens with zero attached hydrogens (tertiary/aromatic N) is 10. The van der Waals surface area contributed by atoms with Crippen LogP contribution in [0.25, 0.3) is 0 Å². The van der Waals surface area contributed by atoms with Crippen LogP contribution in [-0.2, 0) is 31.4 Å². The molecule has 0 aromatic heterocycles. The molecular weight excluding hydrogens is 1260 g/mol. The zero-order valence-electron chi connectivity index (χ0n) is 53.7. The number of amides is 6. The first-order valence-electron chi connectivity index (χ1n) is 31.7. The summed E-state index contributed by atoms with van der Waals surface area (Å²) in [5, 5.41) is 19.1. The van der Waals surface area contributed by atoms with Crippen molar-refractivity contribution in [2.75, 3.05) is 102 Å². The number of esters is 2. The molecule has 4 heterocycles. The van der Waals surface area contributed by atoms with Crippen molar-refractivity contribution in [3.05, 3.63) is 213 Å². The van der Waals surface area contributed by atoms with E-state index in [2.05, 4.69) is 21.9 Å². The van der Waals surface area contributed by atoms with E-state index in [0.717, 1.165) is 34.1 Å². The third kappa shape index (κ3) is 15.6. The van der Waals surface area contributed by atoms with Crippen molar-refractivity contribution in [3.8, 4) is 23.6 Å². The molecule has 0 N–H and O–H groups in total. The lowest BCUT2D eigenvalue weighted by atomic mass is 9.92. The Morgan fingerprint density at radius 3 is 1.15 bits per heavy atom. The minimum absolute atomic E-state index is 0.00503. The number of anilines is 2. The summed E-state index contributed by atoms with van der Waals surface area (Å²) in [5.41, 5.74) is 0.818. The smallest absolute Gasteiger partial charge is 0.416 e. The topological polar surface area (TPSA) is 204 Å². The summed E-state index contributed by atoms with van der Waals surface area (Å²) in [6.07, 6.45) is -8.63. The Balaban J connectivity index is 0.711. The highest BCUT2D eigenvalue weighted by Gasteiger charge is 2.46. The highest BCUT2D eigenvalue weighted by molar-refractivity contribution is 6.05. The lowest BCUT2D eigenvalue weighted by Gasteiger charge is -2.43. The number of hydrogen-bond donors (Lipinski definition) is 0. The number of carbonyl (C=O) groups is 6. The van der Waals surface area contributed by atoms with Crippen LogP contribution in [-0.4, -0.2) is 157 Å². The molecule has 504 valence electrons. The molecule has 2 saturated heterocycles. The molecule has 2 atom stereocenters. The standard InChI is InChI=1S/C72H70F6N10O9/c1-5-95-67(91)61-47(3)87(57-13-7-11-55(43-57)71(73,74)75)69(93)85(63(61)51-19-15-49(45-79)16-20-51)33-9-31-81-35-39-83(40-36-81)65(89)53-23-27-59(28-24-53)97-60-29-25-54(26-30-60)66(90)84-41-37-82(38-42-84)32-10-34-86-64(52-21-17-50(46-80)18-22-52)62(68(92)96-6-2)48(4)88(70(86)94)58-14-8-12-56(44-58)72(76,77)78/h7-8,11-30,43-44,63-64H,5-6,9-10,31-42H2,1-4H3. The zero-order valence-corrected chi connectivity index (χ0v) is 53.7. The van der Waals surface area contributed by atoms with Crippen molar-refractivity contribution in [3.63, 3.8) is 0 Å². The van der Waals surface area contributed by atoms with Gasteiger partial charge in [0, 0.05) is 88.0 Å². The van der Waals surface area contributed by atoms with Crippen LogP contribution in [0.15, 0.2) is 168 Å². The number of benzene rings is 6. The Hall–Kier alpha value is -10.5. The van der Waals surface area contributed by atoms with Crippen molar-refractivity contribution in [2.24, 2.45) is 0 Å². The van der Waals surface area contributed by atoms with Crippen LogP contribution >= 0.6 is 0 Å². The van der Waals surface area contributed by atoms with E-state index in [4.69, 9.17) is 14.2 Å². The Labute approximate surface area is 557 Å². The number of ether oxygens (including phenoxy) is 3. The Morgan fingerprint density at radius 1 is 0.485 bits per heavy atom. The average Bonchev–Trinajstić information content (AvgIpc) is 0.754. The number of halogens is 6. The fourth-order valence-electron chi connectivity index (χ4n) is 12.6. The number of allylic oxidation sites excluding steroid dienone is 2. The van der Waals surface area contributed by atoms with Crippen molar-refractivity contribution >= 4 is 47.2 Å². The predicted octanol–water partition coefficient (Wildman–Crippen LogP) is 12.6. The van der Waals surface area contributed by atoms with E-state index in [1.165, 1.54) is 47.9 Å². The third-order valence-electron chi connectivity index (χ3n) is 17.6. The first kappa shape index (κ1) is 69.3. The summed E-state index contributed by atoms with van der Waals surface area (Å²) in [6.45, 7) is 11.0. The molecule has 4 aliphatic rings. The van der Waals surface area contributed by atoms with Crippen LogP contribution in [0.3, 0.4) is 0 Å². The van der Waals surface area contributed by atoms with E-state index in [-0.39, 0.29) is 72.0 Å². The summed E-state index contributed by atoms with van der Waals surface area (Å²) >= 11 is 0. The molecule has 6 amide bonds. The molecule has 6 aromatic carbocycles. The molecule has 2 fully saturated rings. The molecule has 0 bridgehead atoms. The van der Waals surface area contributed by atoms with Gasteiger partial charge in [0.25, 0.3) is 11.8 Å². The largest absolute Gasteiger partial charge is 0.463 e. The van der Waals surface area contributed by atoms with Gasteiger partial charge in [-0.1, -0.05) is 36.4 Å². The number of urea groups is 2. The minimum atomic E-state index is -4.70. The van der Waals surface area contributed by atoms with E-state index in [1.807, 2.05) is 0 Å². The van der Waals surface area contributed by atoms with Gasteiger partial charge >= 0.3 is 36.4 Å². The molecule has 6 aromatic rings. The molecule has 0 radical (unpaired) electrons. The Bertz CT molecular complexity index is 3800. The average molecular weight is 1330 g/mol. The molecule has 10 rings (SSSR count). The fourth-order valence-corrected chi connectivity index (χ4v) is 12.6. The minimum Gasteiger partial charge on any atom is -0.463 e. The van der Waals surface area contributed by atoms with Gasteiger partial charge in [0.2, 0.25) is 0 Å². The van der Waals surface area contributed by atoms with Gasteiger partial charge in [-0.05, 0) is 174 Å². The van der Waals surface area contributed by atoms with E-state index in [1.54, 1.807) is 121 Å². The van der Waals surface area contributed by atoms with Gasteiger partial charge in [-0.2, -0.15) is 36.9 Å². The summed E-state index contributed by atoms with van der Waals surface area (Å²) in [5.74, 6) is -0.951. The number of nitriles is 2. The van der Waals surface area contributed by atoms with E-state index >= 15 is 0 Å². The van der Waals surface area contributed by atoms with Gasteiger partial charge < -0.3 is 33.8 Å². The highest BCUT2D eigenvalue weighted by Crippen LogP contribution is 2.44. The number of alkyl halides is 6. The summed E-state index contributed by atoms with van der Waals surface area (Å²) < 4.78 is 101. The first-order valence-corrected chi connectivity index (χ1v) is 31.7. The lowest BCUT2D eigenvalue weighted by molar-refractivity contribution is -0.140. The van der Waals surface area contributed by atoms with Crippen LogP contribution in [0.1, 0.15) is 107 Å². The summed E-state index contributed by atoms with van der Waals surface area (Å²) in [6, 6.07) is 35.7. The Kier molecular flexibility index (Phi) is 21.5. The monoisotopic (exact) mass is 1330 g/mol. The molecule has 25 heteroatoms. The van der Waals surface area contributed by atoms with Gasteiger partial charge in [0.1, 0.15) is 11.5 Å². The summed E-state index contributed by atoms with van der Waals surface area (Å²) in [4.78, 5) is 97.4. The second-order valence-electron chi connectivity index (χ2n) is 23.6. The molecule has 19 nitrogen and oxygen atoms in total. The molecular formula is C72H70F6N10O9. The third-order valence-corrected chi connectivity index (χ3v) is 17.6. The normalized spacial score (nSPS) is 17.5. The second-order valence-corrected chi connectivity index (χ2v) is 23.6. The van der Waals surface area contributed by atoms with E-state index < -0.39 is 59.6 Å².